The number of carbonyl (C=O) groups is 2. The molecule has 6 nitrogen and oxygen atoms in total. The summed E-state index contributed by atoms with van der Waals surface area (Å²) in [5.74, 6) is -1.37. The highest BCUT2D eigenvalue weighted by atomic mass is 79.9. The molecule has 0 aliphatic carbocycles. The minimum Gasteiger partial charge on any atom is -0.444 e. The van der Waals surface area contributed by atoms with Gasteiger partial charge in [0.25, 0.3) is 5.91 Å². The number of esters is 1. The lowest BCUT2D eigenvalue weighted by Crippen LogP contribution is -2.26. The van der Waals surface area contributed by atoms with Gasteiger partial charge in [-0.1, -0.05) is 28.1 Å². The van der Waals surface area contributed by atoms with E-state index in [1.165, 1.54) is 12.3 Å². The Morgan fingerprint density at radius 3 is 2.61 bits per heavy atom. The number of halogens is 1. The summed E-state index contributed by atoms with van der Waals surface area (Å²) in [7, 11) is 0. The Morgan fingerprint density at radius 1 is 1.17 bits per heavy atom. The molecular weight excluding hydrogens is 362 g/mol. The number of hydrogen-bond donors (Lipinski definition) is 2. The van der Waals surface area contributed by atoms with Crippen LogP contribution in [0.15, 0.2) is 53.3 Å². The Hall–Kier alpha value is -2.67. The number of nitrogens with one attached hydrogen (secondary N) is 1. The van der Waals surface area contributed by atoms with E-state index in [-0.39, 0.29) is 0 Å². The third-order valence-corrected chi connectivity index (χ3v) is 3.86. The molecule has 0 saturated heterocycles. The van der Waals surface area contributed by atoms with Crippen LogP contribution in [0.4, 0.5) is 0 Å². The van der Waals surface area contributed by atoms with Crippen LogP contribution in [0, 0.1) is 0 Å². The van der Waals surface area contributed by atoms with E-state index in [0.717, 1.165) is 4.47 Å². The first-order chi connectivity index (χ1) is 11.1. The second-order valence-corrected chi connectivity index (χ2v) is 5.75. The number of nitrogens with two attached hydrogens (primary N) is 1. The van der Waals surface area contributed by atoms with E-state index in [1.54, 1.807) is 36.5 Å². The third kappa shape index (κ3) is 3.09. The first kappa shape index (κ1) is 15.2. The number of aromatic nitrogens is 2. The summed E-state index contributed by atoms with van der Waals surface area (Å²) in [4.78, 5) is 31.1. The van der Waals surface area contributed by atoms with Crippen molar-refractivity contribution in [2.75, 3.05) is 0 Å². The summed E-state index contributed by atoms with van der Waals surface area (Å²) in [6.45, 7) is 0. The predicted molar refractivity (Wildman–Crippen MR) is 87.6 cm³/mol. The lowest BCUT2D eigenvalue weighted by Gasteiger charge is -2.15. The number of primary amides is 1. The molecule has 1 atom stereocenters. The number of hydrogen-bond acceptors (Lipinski definition) is 4. The standard InChI is InChI=1S/C16H12BrN3O3/c17-10-3-1-9(2-4-10)13(14(18)21)23-16(22)12-6-8-20-15-11(12)5-7-19-15/h1-8,13H,(H2,18,21)(H,19,20). The van der Waals surface area contributed by atoms with Crippen LogP contribution in [0.2, 0.25) is 0 Å². The van der Waals surface area contributed by atoms with Crippen molar-refractivity contribution < 1.29 is 14.3 Å². The van der Waals surface area contributed by atoms with Crippen molar-refractivity contribution in [2.45, 2.75) is 6.10 Å². The summed E-state index contributed by atoms with van der Waals surface area (Å²) in [6.07, 6.45) is 2.01. The zero-order chi connectivity index (χ0) is 16.4. The summed E-state index contributed by atoms with van der Waals surface area (Å²) < 4.78 is 6.18. The zero-order valence-electron chi connectivity index (χ0n) is 11.8. The van der Waals surface area contributed by atoms with Gasteiger partial charge in [0.05, 0.1) is 5.56 Å². The van der Waals surface area contributed by atoms with Gasteiger partial charge in [0.1, 0.15) is 5.65 Å². The molecule has 3 rings (SSSR count). The normalized spacial score (nSPS) is 12.0. The van der Waals surface area contributed by atoms with Crippen molar-refractivity contribution in [2.24, 2.45) is 5.73 Å². The summed E-state index contributed by atoms with van der Waals surface area (Å²) in [6, 6.07) is 10.1. The number of pyridine rings is 1. The predicted octanol–water partition coefficient (Wildman–Crippen LogP) is 2.71. The summed E-state index contributed by atoms with van der Waals surface area (Å²) in [5.41, 5.74) is 6.77. The van der Waals surface area contributed by atoms with Gasteiger partial charge in [0.15, 0.2) is 0 Å². The molecule has 3 N–H and O–H groups in total. The van der Waals surface area contributed by atoms with E-state index in [2.05, 4.69) is 25.9 Å². The molecule has 7 heteroatoms. The number of fused-ring (bicyclic) bond motifs is 1. The van der Waals surface area contributed by atoms with Crippen molar-refractivity contribution >= 4 is 38.8 Å². The second kappa shape index (κ2) is 6.21. The molecule has 1 aromatic carbocycles. The van der Waals surface area contributed by atoms with Gasteiger partial charge in [-0.2, -0.15) is 0 Å². The van der Waals surface area contributed by atoms with Crippen molar-refractivity contribution in [1.82, 2.24) is 9.97 Å². The fourth-order valence-corrected chi connectivity index (χ4v) is 2.50. The van der Waals surface area contributed by atoms with Gasteiger partial charge in [-0.15, -0.1) is 0 Å². The average Bonchev–Trinajstić information content (AvgIpc) is 3.01. The van der Waals surface area contributed by atoms with E-state index in [4.69, 9.17) is 10.5 Å². The van der Waals surface area contributed by atoms with Gasteiger partial charge >= 0.3 is 5.97 Å². The maximum atomic E-state index is 12.4. The quantitative estimate of drug-likeness (QED) is 0.686. The maximum absolute atomic E-state index is 12.4. The number of nitrogens with zero attached hydrogens (tertiary/aromatic N) is 1. The molecule has 0 fully saturated rings. The largest absolute Gasteiger partial charge is 0.444 e. The van der Waals surface area contributed by atoms with E-state index >= 15 is 0 Å². The third-order valence-electron chi connectivity index (χ3n) is 3.34. The van der Waals surface area contributed by atoms with Crippen LogP contribution in [0.5, 0.6) is 0 Å². The van der Waals surface area contributed by atoms with E-state index in [1.807, 2.05) is 0 Å². The Balaban J connectivity index is 1.91. The number of rotatable bonds is 4. The van der Waals surface area contributed by atoms with Gasteiger partial charge in [-0.3, -0.25) is 4.79 Å². The molecule has 2 heterocycles. The number of ether oxygens (including phenoxy) is 1. The van der Waals surface area contributed by atoms with Crippen molar-refractivity contribution in [3.8, 4) is 0 Å². The molecule has 0 saturated carbocycles. The van der Waals surface area contributed by atoms with Crippen molar-refractivity contribution in [1.29, 1.82) is 0 Å². The van der Waals surface area contributed by atoms with Gasteiger partial charge < -0.3 is 15.5 Å². The SMILES string of the molecule is NC(=O)C(OC(=O)c1ccnc2[nH]ccc12)c1ccc(Br)cc1. The molecule has 1 amide bonds. The monoisotopic (exact) mass is 373 g/mol. The highest BCUT2D eigenvalue weighted by molar-refractivity contribution is 9.10. The number of amides is 1. The fourth-order valence-electron chi connectivity index (χ4n) is 2.24. The van der Waals surface area contributed by atoms with Crippen molar-refractivity contribution in [3.63, 3.8) is 0 Å². The Morgan fingerprint density at radius 2 is 1.91 bits per heavy atom. The second-order valence-electron chi connectivity index (χ2n) is 4.84. The Bertz CT molecular complexity index is 874. The van der Waals surface area contributed by atoms with Gasteiger partial charge in [-0.25, -0.2) is 9.78 Å². The molecule has 23 heavy (non-hydrogen) atoms. The van der Waals surface area contributed by atoms with E-state index in [0.29, 0.717) is 22.2 Å². The first-order valence-corrected chi connectivity index (χ1v) is 7.53. The fraction of sp³-hybridized carbons (Fsp3) is 0.0625. The number of aromatic amines is 1. The number of H-pyrrole nitrogens is 1. The minimum atomic E-state index is -1.15. The van der Waals surface area contributed by atoms with Gasteiger partial charge in [0.2, 0.25) is 6.10 Å². The van der Waals surface area contributed by atoms with Crippen LogP contribution >= 0.6 is 15.9 Å². The number of carbonyl (C=O) groups excluding carboxylic acids is 2. The van der Waals surface area contributed by atoms with Crippen molar-refractivity contribution in [3.05, 3.63) is 64.4 Å². The van der Waals surface area contributed by atoms with Crippen LogP contribution in [0.25, 0.3) is 11.0 Å². The highest BCUT2D eigenvalue weighted by Gasteiger charge is 2.24. The van der Waals surface area contributed by atoms with E-state index in [9.17, 15) is 9.59 Å². The number of benzene rings is 1. The highest BCUT2D eigenvalue weighted by Crippen LogP contribution is 2.23. The molecule has 0 aliphatic rings. The minimum absolute atomic E-state index is 0.319. The molecule has 0 spiro atoms. The van der Waals surface area contributed by atoms with Crippen LogP contribution in [0.1, 0.15) is 22.0 Å². The van der Waals surface area contributed by atoms with E-state index < -0.39 is 18.0 Å². The topological polar surface area (TPSA) is 98.1 Å². The Kier molecular flexibility index (Phi) is 4.12. The molecule has 116 valence electrons. The first-order valence-electron chi connectivity index (χ1n) is 6.74. The molecule has 3 aromatic rings. The van der Waals surface area contributed by atoms with Gasteiger partial charge in [0, 0.05) is 27.8 Å². The Labute approximate surface area is 139 Å². The lowest BCUT2D eigenvalue weighted by molar-refractivity contribution is -0.127. The van der Waals surface area contributed by atoms with Crippen LogP contribution in [0.3, 0.4) is 0 Å². The molecule has 0 radical (unpaired) electrons. The zero-order valence-corrected chi connectivity index (χ0v) is 13.4. The summed E-state index contributed by atoms with van der Waals surface area (Å²) >= 11 is 3.31. The molecule has 0 aliphatic heterocycles. The maximum Gasteiger partial charge on any atom is 0.340 e. The van der Waals surface area contributed by atoms with Crippen LogP contribution in [-0.2, 0) is 9.53 Å². The molecular formula is C16H12BrN3O3. The average molecular weight is 374 g/mol. The summed E-state index contributed by atoms with van der Waals surface area (Å²) in [5, 5.41) is 0.622. The molecule has 1 unspecified atom stereocenters. The van der Waals surface area contributed by atoms with Gasteiger partial charge in [-0.05, 0) is 24.3 Å². The lowest BCUT2D eigenvalue weighted by atomic mass is 10.1. The van der Waals surface area contributed by atoms with Crippen LogP contribution < -0.4 is 5.73 Å². The smallest absolute Gasteiger partial charge is 0.340 e. The molecule has 0 bridgehead atoms. The molecule has 2 aromatic heterocycles. The van der Waals surface area contributed by atoms with Crippen LogP contribution in [-0.4, -0.2) is 21.8 Å².